The third-order valence-corrected chi connectivity index (χ3v) is 2.95. The molecule has 0 aliphatic carbocycles. The molecule has 0 saturated heterocycles. The van der Waals surface area contributed by atoms with Crippen LogP contribution in [0.3, 0.4) is 0 Å². The monoisotopic (exact) mass is 298 g/mol. The van der Waals surface area contributed by atoms with Gasteiger partial charge in [-0.05, 0) is 13.0 Å². The summed E-state index contributed by atoms with van der Waals surface area (Å²) in [7, 11) is 1.51. The summed E-state index contributed by atoms with van der Waals surface area (Å²) >= 11 is 0. The molecule has 0 fully saturated rings. The van der Waals surface area contributed by atoms with E-state index in [1.54, 1.807) is 6.92 Å². The molecule has 0 amide bonds. The van der Waals surface area contributed by atoms with E-state index in [1.807, 2.05) is 0 Å². The number of rotatable bonds is 8. The molecule has 1 aromatic rings. The molecule has 8 nitrogen and oxygen atoms in total. The van der Waals surface area contributed by atoms with Crippen LogP contribution in [0, 0.1) is 10.1 Å². The second kappa shape index (κ2) is 7.00. The van der Waals surface area contributed by atoms with Crippen molar-refractivity contribution in [1.29, 1.82) is 0 Å². The Morgan fingerprint density at radius 2 is 2.19 bits per heavy atom. The van der Waals surface area contributed by atoms with Gasteiger partial charge in [-0.3, -0.25) is 10.1 Å². The lowest BCUT2D eigenvalue weighted by molar-refractivity contribution is -0.384. The highest BCUT2D eigenvalue weighted by Crippen LogP contribution is 2.23. The predicted molar refractivity (Wildman–Crippen MR) is 75.7 cm³/mol. The number of hydrogen-bond donors (Lipinski definition) is 3. The Bertz CT molecular complexity index is 529. The molecule has 0 aromatic heterocycles. The smallest absolute Gasteiger partial charge is 0.337 e. The van der Waals surface area contributed by atoms with Crippen molar-refractivity contribution in [2.75, 3.05) is 25.6 Å². The van der Waals surface area contributed by atoms with Crippen LogP contribution in [0.25, 0.3) is 0 Å². The lowest BCUT2D eigenvalue weighted by Gasteiger charge is -2.24. The van der Waals surface area contributed by atoms with E-state index in [4.69, 9.17) is 9.84 Å². The number of ether oxygens (including phenoxy) is 1. The summed E-state index contributed by atoms with van der Waals surface area (Å²) in [5.41, 5.74) is -1.35. The Labute approximate surface area is 121 Å². The van der Waals surface area contributed by atoms with Gasteiger partial charge in [0.25, 0.3) is 5.69 Å². The summed E-state index contributed by atoms with van der Waals surface area (Å²) in [4.78, 5) is 21.2. The molecule has 8 heteroatoms. The zero-order valence-corrected chi connectivity index (χ0v) is 11.8. The van der Waals surface area contributed by atoms with Gasteiger partial charge in [0.05, 0.1) is 21.8 Å². The van der Waals surface area contributed by atoms with E-state index in [1.165, 1.54) is 7.11 Å². The fraction of sp³-hybridized carbons (Fsp3) is 0.462. The van der Waals surface area contributed by atoms with Crippen molar-refractivity contribution in [2.24, 2.45) is 0 Å². The number of nitrogens with zero attached hydrogens (tertiary/aromatic N) is 1. The molecule has 1 unspecified atom stereocenters. The number of nitro benzene ring substituents is 1. The van der Waals surface area contributed by atoms with Gasteiger partial charge in [0, 0.05) is 38.8 Å². The maximum Gasteiger partial charge on any atom is 0.337 e. The van der Waals surface area contributed by atoms with E-state index in [-0.39, 0.29) is 23.5 Å². The molecule has 0 bridgehead atoms. The first-order valence-corrected chi connectivity index (χ1v) is 6.24. The van der Waals surface area contributed by atoms with Gasteiger partial charge in [0.15, 0.2) is 0 Å². The first-order chi connectivity index (χ1) is 9.76. The molecule has 0 radical (unpaired) electrons. The molecule has 1 rings (SSSR count). The summed E-state index contributed by atoms with van der Waals surface area (Å²) in [5, 5.41) is 32.7. The molecule has 1 aromatic carbocycles. The summed E-state index contributed by atoms with van der Waals surface area (Å²) in [5.74, 6) is -1.20. The lowest BCUT2D eigenvalue weighted by Crippen LogP contribution is -2.35. The van der Waals surface area contributed by atoms with Gasteiger partial charge in [-0.15, -0.1) is 0 Å². The molecule has 0 aliphatic heterocycles. The zero-order valence-electron chi connectivity index (χ0n) is 11.8. The van der Waals surface area contributed by atoms with Crippen molar-refractivity contribution in [2.45, 2.75) is 18.9 Å². The molecule has 0 spiro atoms. The summed E-state index contributed by atoms with van der Waals surface area (Å²) in [6, 6.07) is 3.42. The number of anilines is 1. The number of carbonyl (C=O) groups is 1. The molecule has 1 atom stereocenters. The standard InChI is InChI=1S/C13H18N2O6/c1-13(18,5-6-21-2)8-14-11-7-9(15(19)20)3-4-10(11)12(16)17/h3-4,7,14,18H,5-6,8H2,1-2H3,(H,16,17). The van der Waals surface area contributed by atoms with Crippen LogP contribution in [0.5, 0.6) is 0 Å². The lowest BCUT2D eigenvalue weighted by atomic mass is 10.0. The molecule has 0 saturated carbocycles. The number of aliphatic hydroxyl groups is 1. The number of carboxylic acids is 1. The van der Waals surface area contributed by atoms with Crippen molar-refractivity contribution in [1.82, 2.24) is 0 Å². The highest BCUT2D eigenvalue weighted by Gasteiger charge is 2.22. The number of aromatic carboxylic acids is 1. The Hall–Kier alpha value is -2.19. The van der Waals surface area contributed by atoms with E-state index in [0.29, 0.717) is 13.0 Å². The van der Waals surface area contributed by atoms with Crippen LogP contribution in [0.2, 0.25) is 0 Å². The quantitative estimate of drug-likeness (QED) is 0.491. The minimum Gasteiger partial charge on any atom is -0.478 e. The van der Waals surface area contributed by atoms with Gasteiger partial charge in [0.2, 0.25) is 0 Å². The fourth-order valence-corrected chi connectivity index (χ4v) is 1.67. The average molecular weight is 298 g/mol. The van der Waals surface area contributed by atoms with Crippen molar-refractivity contribution < 1.29 is 24.7 Å². The van der Waals surface area contributed by atoms with Crippen LogP contribution < -0.4 is 5.32 Å². The van der Waals surface area contributed by atoms with Crippen molar-refractivity contribution >= 4 is 17.3 Å². The van der Waals surface area contributed by atoms with Crippen molar-refractivity contribution in [3.05, 3.63) is 33.9 Å². The van der Waals surface area contributed by atoms with Crippen LogP contribution in [-0.2, 0) is 4.74 Å². The van der Waals surface area contributed by atoms with E-state index in [2.05, 4.69) is 5.32 Å². The van der Waals surface area contributed by atoms with Gasteiger partial charge >= 0.3 is 5.97 Å². The number of nitro groups is 1. The predicted octanol–water partition coefficient (Wildman–Crippen LogP) is 1.49. The maximum atomic E-state index is 11.1. The first-order valence-electron chi connectivity index (χ1n) is 6.24. The van der Waals surface area contributed by atoms with Crippen LogP contribution >= 0.6 is 0 Å². The third kappa shape index (κ3) is 5.01. The molecular weight excluding hydrogens is 280 g/mol. The SMILES string of the molecule is COCCC(C)(O)CNc1cc([N+](=O)[O-])ccc1C(=O)O. The largest absolute Gasteiger partial charge is 0.478 e. The number of methoxy groups -OCH3 is 1. The normalized spacial score (nSPS) is 13.5. The van der Waals surface area contributed by atoms with E-state index in [0.717, 1.165) is 18.2 Å². The van der Waals surface area contributed by atoms with Gasteiger partial charge in [0.1, 0.15) is 0 Å². The Kier molecular flexibility index (Phi) is 5.62. The van der Waals surface area contributed by atoms with Gasteiger partial charge in [-0.2, -0.15) is 0 Å². The van der Waals surface area contributed by atoms with E-state index >= 15 is 0 Å². The summed E-state index contributed by atoms with van der Waals surface area (Å²) in [6.45, 7) is 1.95. The van der Waals surface area contributed by atoms with Crippen molar-refractivity contribution in [3.8, 4) is 0 Å². The molecular formula is C13H18N2O6. The molecule has 21 heavy (non-hydrogen) atoms. The summed E-state index contributed by atoms with van der Waals surface area (Å²) in [6.07, 6.45) is 0.341. The third-order valence-electron chi connectivity index (χ3n) is 2.95. The zero-order chi connectivity index (χ0) is 16.0. The Morgan fingerprint density at radius 3 is 2.71 bits per heavy atom. The minimum atomic E-state index is -1.20. The molecule has 0 heterocycles. The number of hydrogen-bond acceptors (Lipinski definition) is 6. The second-order valence-corrected chi connectivity index (χ2v) is 4.89. The van der Waals surface area contributed by atoms with Crippen LogP contribution in [0.1, 0.15) is 23.7 Å². The fourth-order valence-electron chi connectivity index (χ4n) is 1.67. The van der Waals surface area contributed by atoms with Gasteiger partial charge < -0.3 is 20.3 Å². The number of nitrogens with one attached hydrogen (secondary N) is 1. The molecule has 0 aliphatic rings. The number of carboxylic acid groups (broad SMARTS) is 1. The van der Waals surface area contributed by atoms with Gasteiger partial charge in [-0.1, -0.05) is 0 Å². The molecule has 3 N–H and O–H groups in total. The minimum absolute atomic E-state index is 0.0395. The Morgan fingerprint density at radius 1 is 1.52 bits per heavy atom. The number of non-ortho nitro benzene ring substituents is 1. The second-order valence-electron chi connectivity index (χ2n) is 4.89. The topological polar surface area (TPSA) is 122 Å². The van der Waals surface area contributed by atoms with E-state index < -0.39 is 16.5 Å². The highest BCUT2D eigenvalue weighted by molar-refractivity contribution is 5.94. The first kappa shape index (κ1) is 16.9. The number of benzene rings is 1. The van der Waals surface area contributed by atoms with Gasteiger partial charge in [-0.25, -0.2) is 4.79 Å². The highest BCUT2D eigenvalue weighted by atomic mass is 16.6. The average Bonchev–Trinajstić information content (AvgIpc) is 2.42. The maximum absolute atomic E-state index is 11.1. The Balaban J connectivity index is 2.92. The van der Waals surface area contributed by atoms with Crippen LogP contribution in [0.15, 0.2) is 18.2 Å². The van der Waals surface area contributed by atoms with Crippen molar-refractivity contribution in [3.63, 3.8) is 0 Å². The van der Waals surface area contributed by atoms with E-state index in [9.17, 15) is 20.0 Å². The van der Waals surface area contributed by atoms with Crippen LogP contribution in [-0.4, -0.2) is 47.0 Å². The summed E-state index contributed by atoms with van der Waals surface area (Å²) < 4.78 is 4.87. The van der Waals surface area contributed by atoms with Crippen LogP contribution in [0.4, 0.5) is 11.4 Å². The molecule has 116 valence electrons.